The van der Waals surface area contributed by atoms with Crippen molar-refractivity contribution in [1.29, 1.82) is 0 Å². The van der Waals surface area contributed by atoms with Crippen LogP contribution in [0.2, 0.25) is 0 Å². The summed E-state index contributed by atoms with van der Waals surface area (Å²) in [5.74, 6) is 0. The zero-order valence-corrected chi connectivity index (χ0v) is 12.6. The van der Waals surface area contributed by atoms with E-state index in [1.165, 1.54) is 26.9 Å². The number of hydrogen-bond donors (Lipinski definition) is 1. The lowest BCUT2D eigenvalue weighted by Crippen LogP contribution is -2.24. The molecule has 0 saturated carbocycles. The fourth-order valence-electron chi connectivity index (χ4n) is 1.92. The van der Waals surface area contributed by atoms with Crippen molar-refractivity contribution < 1.29 is 0 Å². The van der Waals surface area contributed by atoms with Gasteiger partial charge in [-0.25, -0.2) is 14.3 Å². The minimum atomic E-state index is -0.190. The smallest absolute Gasteiger partial charge is 0.281 e. The van der Waals surface area contributed by atoms with Gasteiger partial charge in [0.15, 0.2) is 10.8 Å². The largest absolute Gasteiger partial charge is 0.362 e. The van der Waals surface area contributed by atoms with Gasteiger partial charge in [-0.1, -0.05) is 12.1 Å². The van der Waals surface area contributed by atoms with Crippen molar-refractivity contribution in [3.05, 3.63) is 27.6 Å². The quantitative estimate of drug-likeness (QED) is 0.751. The van der Waals surface area contributed by atoms with E-state index in [2.05, 4.69) is 32.6 Å². The van der Waals surface area contributed by atoms with Crippen molar-refractivity contribution in [2.75, 3.05) is 11.9 Å². The highest BCUT2D eigenvalue weighted by Crippen LogP contribution is 2.18. The van der Waals surface area contributed by atoms with Crippen LogP contribution in [0.3, 0.4) is 0 Å². The number of rotatable bonds is 5. The van der Waals surface area contributed by atoms with E-state index in [1.807, 2.05) is 0 Å². The monoisotopic (exact) mass is 305 g/mol. The maximum atomic E-state index is 12.3. The average molecular weight is 305 g/mol. The lowest BCUT2D eigenvalue weighted by Gasteiger charge is -2.01. The van der Waals surface area contributed by atoms with Crippen LogP contribution in [0.5, 0.6) is 0 Å². The highest BCUT2D eigenvalue weighted by Gasteiger charge is 2.11. The molecule has 9 heteroatoms. The van der Waals surface area contributed by atoms with Gasteiger partial charge in [0.25, 0.3) is 5.56 Å². The van der Waals surface area contributed by atoms with Gasteiger partial charge in [-0.2, -0.15) is 5.10 Å². The molecule has 1 N–H and O–H groups in total. The van der Waals surface area contributed by atoms with Gasteiger partial charge in [0, 0.05) is 24.7 Å². The second-order valence-corrected chi connectivity index (χ2v) is 5.73. The third kappa shape index (κ3) is 2.64. The van der Waals surface area contributed by atoms with Crippen LogP contribution in [0.1, 0.15) is 18.2 Å². The molecule has 0 aliphatic rings. The van der Waals surface area contributed by atoms with E-state index in [0.717, 1.165) is 23.0 Å². The van der Waals surface area contributed by atoms with Crippen molar-refractivity contribution in [3.63, 3.8) is 0 Å². The molecule has 110 valence electrons. The molecular formula is C12H15N7OS. The molecule has 21 heavy (non-hydrogen) atoms. The molecule has 0 amide bonds. The first kappa shape index (κ1) is 13.7. The number of thiazole rings is 1. The maximum Gasteiger partial charge on any atom is 0.281 e. The summed E-state index contributed by atoms with van der Waals surface area (Å²) in [5.41, 5.74) is 0.301. The highest BCUT2D eigenvalue weighted by molar-refractivity contribution is 7.15. The summed E-state index contributed by atoms with van der Waals surface area (Å²) in [7, 11) is 1.73. The van der Waals surface area contributed by atoms with Gasteiger partial charge >= 0.3 is 0 Å². The molecule has 0 bridgehead atoms. The molecule has 0 radical (unpaired) electrons. The Morgan fingerprint density at radius 2 is 2.24 bits per heavy atom. The molecule has 0 atom stereocenters. The number of nitrogens with zero attached hydrogens (tertiary/aromatic N) is 6. The van der Waals surface area contributed by atoms with Gasteiger partial charge in [-0.15, -0.1) is 16.4 Å². The Morgan fingerprint density at radius 3 is 3.05 bits per heavy atom. The third-order valence-electron chi connectivity index (χ3n) is 3.01. The molecule has 0 aliphatic carbocycles. The number of aryl methyl sites for hydroxylation is 1. The van der Waals surface area contributed by atoms with Gasteiger partial charge in [-0.3, -0.25) is 4.79 Å². The van der Waals surface area contributed by atoms with Gasteiger partial charge in [0.05, 0.1) is 12.7 Å². The van der Waals surface area contributed by atoms with E-state index >= 15 is 0 Å². The molecule has 0 fully saturated rings. The predicted molar refractivity (Wildman–Crippen MR) is 80.6 cm³/mol. The number of fused-ring (bicyclic) bond motifs is 1. The van der Waals surface area contributed by atoms with E-state index in [9.17, 15) is 4.79 Å². The van der Waals surface area contributed by atoms with Crippen LogP contribution >= 0.6 is 11.3 Å². The molecule has 0 unspecified atom stereocenters. The second kappa shape index (κ2) is 5.60. The zero-order chi connectivity index (χ0) is 14.8. The van der Waals surface area contributed by atoms with Gasteiger partial charge in [-0.05, 0) is 6.42 Å². The Bertz CT molecular complexity index is 818. The molecule has 8 nitrogen and oxygen atoms in total. The highest BCUT2D eigenvalue weighted by atomic mass is 32.1. The van der Waals surface area contributed by atoms with Gasteiger partial charge in [0.1, 0.15) is 5.39 Å². The van der Waals surface area contributed by atoms with Crippen molar-refractivity contribution in [1.82, 2.24) is 29.8 Å². The molecule has 3 heterocycles. The SMILES string of the molecule is CCCNc1ncc(Cn2nnc3c(cnn3C)c2=O)s1. The molecule has 0 aliphatic heterocycles. The number of hydrogen-bond acceptors (Lipinski definition) is 7. The zero-order valence-electron chi connectivity index (χ0n) is 11.8. The average Bonchev–Trinajstić information content (AvgIpc) is 3.07. The summed E-state index contributed by atoms with van der Waals surface area (Å²) >= 11 is 1.52. The van der Waals surface area contributed by atoms with Crippen molar-refractivity contribution in [2.24, 2.45) is 7.05 Å². The normalized spacial score (nSPS) is 11.1. The second-order valence-electron chi connectivity index (χ2n) is 4.62. The van der Waals surface area contributed by atoms with E-state index in [-0.39, 0.29) is 5.56 Å². The van der Waals surface area contributed by atoms with Crippen molar-refractivity contribution in [3.8, 4) is 0 Å². The fourth-order valence-corrected chi connectivity index (χ4v) is 2.74. The molecular weight excluding hydrogens is 290 g/mol. The Kier molecular flexibility index (Phi) is 3.65. The Balaban J connectivity index is 1.86. The fraction of sp³-hybridized carbons (Fsp3) is 0.417. The minimum absolute atomic E-state index is 0.190. The molecule has 3 aromatic heterocycles. The Labute approximate surface area is 124 Å². The molecule has 3 rings (SSSR count). The molecule has 3 aromatic rings. The summed E-state index contributed by atoms with van der Waals surface area (Å²) in [6.07, 6.45) is 4.31. The first-order chi connectivity index (χ1) is 10.2. The summed E-state index contributed by atoms with van der Waals surface area (Å²) in [4.78, 5) is 17.5. The van der Waals surface area contributed by atoms with Crippen LogP contribution in [-0.4, -0.2) is 36.3 Å². The Hall–Kier alpha value is -2.29. The number of anilines is 1. The lowest BCUT2D eigenvalue weighted by molar-refractivity contribution is 0.599. The Morgan fingerprint density at radius 1 is 1.38 bits per heavy atom. The van der Waals surface area contributed by atoms with E-state index in [4.69, 9.17) is 0 Å². The number of nitrogens with one attached hydrogen (secondary N) is 1. The van der Waals surface area contributed by atoms with Gasteiger partial charge in [0.2, 0.25) is 0 Å². The minimum Gasteiger partial charge on any atom is -0.362 e. The van der Waals surface area contributed by atoms with Crippen LogP contribution in [0, 0.1) is 0 Å². The summed E-state index contributed by atoms with van der Waals surface area (Å²) in [6.45, 7) is 3.34. The van der Waals surface area contributed by atoms with Crippen LogP contribution in [0.15, 0.2) is 17.2 Å². The lowest BCUT2D eigenvalue weighted by atomic mass is 10.4. The summed E-state index contributed by atoms with van der Waals surface area (Å²) in [5, 5.41) is 16.6. The van der Waals surface area contributed by atoms with Gasteiger partial charge < -0.3 is 5.32 Å². The molecule has 0 spiro atoms. The van der Waals surface area contributed by atoms with Crippen LogP contribution < -0.4 is 10.9 Å². The third-order valence-corrected chi connectivity index (χ3v) is 3.94. The van der Waals surface area contributed by atoms with E-state index in [1.54, 1.807) is 13.2 Å². The maximum absolute atomic E-state index is 12.3. The van der Waals surface area contributed by atoms with Crippen LogP contribution in [0.25, 0.3) is 11.0 Å². The standard InChI is InChI=1S/C12H15N7OS/c1-3-4-13-12-14-5-8(21-12)7-19-11(20)9-6-15-18(2)10(9)16-17-19/h5-6H,3-4,7H2,1-2H3,(H,13,14). The topological polar surface area (TPSA) is 90.5 Å². The van der Waals surface area contributed by atoms with E-state index < -0.39 is 0 Å². The number of aromatic nitrogens is 6. The van der Waals surface area contributed by atoms with E-state index in [0.29, 0.717) is 17.6 Å². The summed E-state index contributed by atoms with van der Waals surface area (Å²) < 4.78 is 2.87. The van der Waals surface area contributed by atoms with Crippen molar-refractivity contribution >= 4 is 27.5 Å². The predicted octanol–water partition coefficient (Wildman–Crippen LogP) is 0.852. The van der Waals surface area contributed by atoms with Crippen LogP contribution in [-0.2, 0) is 13.6 Å². The first-order valence-corrected chi connectivity index (χ1v) is 7.44. The molecule has 0 saturated heterocycles. The summed E-state index contributed by atoms with van der Waals surface area (Å²) in [6, 6.07) is 0. The first-order valence-electron chi connectivity index (χ1n) is 6.63. The van der Waals surface area contributed by atoms with Crippen molar-refractivity contribution in [2.45, 2.75) is 19.9 Å². The van der Waals surface area contributed by atoms with Crippen LogP contribution in [0.4, 0.5) is 5.13 Å². The molecule has 0 aromatic carbocycles.